The maximum Gasteiger partial charge on any atom is 0.274 e. The van der Waals surface area contributed by atoms with E-state index in [1.54, 1.807) is 6.07 Å². The number of carbonyl (C=O) groups excluding carboxylic acids is 1. The van der Waals surface area contributed by atoms with Gasteiger partial charge >= 0.3 is 0 Å². The van der Waals surface area contributed by atoms with Crippen LogP contribution in [0.2, 0.25) is 5.28 Å². The molecule has 0 bridgehead atoms. The first-order valence-corrected chi connectivity index (χ1v) is 12.2. The summed E-state index contributed by atoms with van der Waals surface area (Å²) in [5.74, 6) is 1.05. The van der Waals surface area contributed by atoms with Crippen molar-refractivity contribution in [2.75, 3.05) is 76.0 Å². The van der Waals surface area contributed by atoms with Gasteiger partial charge in [-0.2, -0.15) is 0 Å². The zero-order valence-electron chi connectivity index (χ0n) is 19.4. The fraction of sp³-hybridized carbons (Fsp3) is 0.400. The molecule has 35 heavy (non-hydrogen) atoms. The molecule has 3 aromatic rings. The van der Waals surface area contributed by atoms with Crippen molar-refractivity contribution in [3.63, 3.8) is 0 Å². The summed E-state index contributed by atoms with van der Waals surface area (Å²) in [6, 6.07) is 13.3. The molecular weight excluding hydrogens is 470 g/mol. The highest BCUT2D eigenvalue weighted by Crippen LogP contribution is 2.32. The Morgan fingerprint density at radius 2 is 1.69 bits per heavy atom. The van der Waals surface area contributed by atoms with E-state index < -0.39 is 0 Å². The molecule has 3 heterocycles. The summed E-state index contributed by atoms with van der Waals surface area (Å²) in [7, 11) is 0. The van der Waals surface area contributed by atoms with E-state index in [0.717, 1.165) is 49.4 Å². The number of hydrogen-bond donors (Lipinski definition) is 1. The lowest BCUT2D eigenvalue weighted by Gasteiger charge is -2.27. The third kappa shape index (κ3) is 5.82. The van der Waals surface area contributed by atoms with Crippen LogP contribution in [0.1, 0.15) is 10.5 Å². The Morgan fingerprint density at radius 3 is 2.46 bits per heavy atom. The van der Waals surface area contributed by atoms with Gasteiger partial charge in [0.2, 0.25) is 5.28 Å². The van der Waals surface area contributed by atoms with E-state index in [4.69, 9.17) is 25.8 Å². The highest BCUT2D eigenvalue weighted by Gasteiger charge is 2.19. The molecule has 1 amide bonds. The quantitative estimate of drug-likeness (QED) is 0.498. The second-order valence-corrected chi connectivity index (χ2v) is 8.73. The summed E-state index contributed by atoms with van der Waals surface area (Å²) in [6.07, 6.45) is 0. The zero-order valence-corrected chi connectivity index (χ0v) is 20.2. The molecule has 1 N–H and O–H groups in total. The molecule has 0 unspecified atom stereocenters. The van der Waals surface area contributed by atoms with Crippen molar-refractivity contribution >= 4 is 39.8 Å². The van der Waals surface area contributed by atoms with E-state index >= 15 is 0 Å². The monoisotopic (exact) mass is 497 g/mol. The van der Waals surface area contributed by atoms with Crippen LogP contribution in [0.3, 0.4) is 0 Å². The fourth-order valence-corrected chi connectivity index (χ4v) is 4.46. The maximum atomic E-state index is 13.1. The van der Waals surface area contributed by atoms with E-state index in [9.17, 15) is 4.79 Å². The van der Waals surface area contributed by atoms with Crippen molar-refractivity contribution in [2.45, 2.75) is 0 Å². The van der Waals surface area contributed by atoms with Crippen molar-refractivity contribution in [1.29, 1.82) is 0 Å². The van der Waals surface area contributed by atoms with Crippen LogP contribution in [-0.2, 0) is 9.47 Å². The normalized spacial score (nSPS) is 16.9. The number of amides is 1. The summed E-state index contributed by atoms with van der Waals surface area (Å²) in [6.45, 7) is 7.40. The predicted molar refractivity (Wildman–Crippen MR) is 135 cm³/mol. The lowest BCUT2D eigenvalue weighted by molar-refractivity contribution is 0.0323. The first kappa shape index (κ1) is 23.7. The van der Waals surface area contributed by atoms with E-state index in [1.807, 2.05) is 41.3 Å². The summed E-state index contributed by atoms with van der Waals surface area (Å²) in [4.78, 5) is 25.9. The summed E-state index contributed by atoms with van der Waals surface area (Å²) in [5, 5.41) is 4.84. The number of hydrogen-bond acceptors (Lipinski definition) is 8. The zero-order chi connectivity index (χ0) is 24.0. The number of fused-ring (bicyclic) bond motifs is 1. The molecule has 0 aliphatic carbocycles. The molecule has 184 valence electrons. The van der Waals surface area contributed by atoms with E-state index in [2.05, 4.69) is 20.2 Å². The van der Waals surface area contributed by atoms with Gasteiger partial charge in [0, 0.05) is 55.2 Å². The van der Waals surface area contributed by atoms with Gasteiger partial charge in [-0.25, -0.2) is 9.97 Å². The Bertz CT molecular complexity index is 1180. The number of rotatable bonds is 7. The van der Waals surface area contributed by atoms with Crippen LogP contribution in [0.5, 0.6) is 5.75 Å². The highest BCUT2D eigenvalue weighted by molar-refractivity contribution is 6.28. The third-order valence-corrected chi connectivity index (χ3v) is 6.32. The fourth-order valence-electron chi connectivity index (χ4n) is 4.28. The Balaban J connectivity index is 1.31. The molecule has 1 aromatic heterocycles. The minimum absolute atomic E-state index is 0.0352. The molecule has 10 heteroatoms. The minimum Gasteiger partial charge on any atom is -0.492 e. The third-order valence-electron chi connectivity index (χ3n) is 6.15. The van der Waals surface area contributed by atoms with Gasteiger partial charge in [0.25, 0.3) is 5.91 Å². The standard InChI is InChI=1S/C25H28ClN5O4/c26-25-28-21(17-23(29-25)31-10-14-34-15-11-31)24(32)27-20-5-6-22(19-4-2-1-3-18(19)20)35-16-9-30-7-12-33-13-8-30/h1-6,17H,7-16H2,(H,27,32). The Morgan fingerprint density at radius 1 is 0.971 bits per heavy atom. The van der Waals surface area contributed by atoms with Gasteiger partial charge in [-0.1, -0.05) is 24.3 Å². The number of nitrogens with zero attached hydrogens (tertiary/aromatic N) is 4. The number of halogens is 1. The van der Waals surface area contributed by atoms with Gasteiger partial charge in [-0.3, -0.25) is 9.69 Å². The molecule has 0 atom stereocenters. The van der Waals surface area contributed by atoms with Crippen molar-refractivity contribution in [1.82, 2.24) is 14.9 Å². The lowest BCUT2D eigenvalue weighted by Crippen LogP contribution is -2.38. The molecule has 0 radical (unpaired) electrons. The van der Waals surface area contributed by atoms with Gasteiger partial charge in [0.15, 0.2) is 0 Å². The van der Waals surface area contributed by atoms with Crippen molar-refractivity contribution in [3.8, 4) is 5.75 Å². The second-order valence-electron chi connectivity index (χ2n) is 8.39. The van der Waals surface area contributed by atoms with Crippen LogP contribution in [-0.4, -0.2) is 86.5 Å². The molecule has 2 aromatic carbocycles. The number of aromatic nitrogens is 2. The Labute approximate surface area is 208 Å². The number of nitrogens with one attached hydrogen (secondary N) is 1. The number of morpholine rings is 2. The average Bonchev–Trinajstić information content (AvgIpc) is 2.90. The molecule has 2 aliphatic rings. The van der Waals surface area contributed by atoms with Crippen molar-refractivity contribution in [3.05, 3.63) is 53.4 Å². The molecule has 2 aliphatic heterocycles. The van der Waals surface area contributed by atoms with Gasteiger partial charge in [0.05, 0.1) is 26.4 Å². The van der Waals surface area contributed by atoms with Crippen LogP contribution in [0, 0.1) is 0 Å². The number of benzene rings is 2. The van der Waals surface area contributed by atoms with Crippen LogP contribution >= 0.6 is 11.6 Å². The predicted octanol–water partition coefficient (Wildman–Crippen LogP) is 3.08. The maximum absolute atomic E-state index is 13.1. The number of carbonyl (C=O) groups is 1. The number of ether oxygens (including phenoxy) is 3. The molecule has 2 fully saturated rings. The highest BCUT2D eigenvalue weighted by atomic mass is 35.5. The summed E-state index contributed by atoms with van der Waals surface area (Å²) in [5.41, 5.74) is 0.884. The molecule has 0 saturated carbocycles. The van der Waals surface area contributed by atoms with Gasteiger partial charge < -0.3 is 24.4 Å². The van der Waals surface area contributed by atoms with Gasteiger partial charge in [0.1, 0.15) is 23.9 Å². The van der Waals surface area contributed by atoms with E-state index in [1.165, 1.54) is 0 Å². The Kier molecular flexibility index (Phi) is 7.58. The molecule has 0 spiro atoms. The summed E-state index contributed by atoms with van der Waals surface area (Å²) >= 11 is 6.15. The molecule has 5 rings (SSSR count). The van der Waals surface area contributed by atoms with Crippen LogP contribution in [0.15, 0.2) is 42.5 Å². The van der Waals surface area contributed by atoms with E-state index in [0.29, 0.717) is 44.4 Å². The Hall–Kier alpha value is -2.98. The molecule has 2 saturated heterocycles. The van der Waals surface area contributed by atoms with Crippen LogP contribution in [0.4, 0.5) is 11.5 Å². The molecule has 9 nitrogen and oxygen atoms in total. The minimum atomic E-state index is -0.352. The second kappa shape index (κ2) is 11.2. The van der Waals surface area contributed by atoms with Crippen molar-refractivity contribution < 1.29 is 19.0 Å². The van der Waals surface area contributed by atoms with Gasteiger partial charge in [-0.05, 0) is 23.7 Å². The first-order chi connectivity index (χ1) is 17.2. The first-order valence-electron chi connectivity index (χ1n) is 11.8. The van der Waals surface area contributed by atoms with E-state index in [-0.39, 0.29) is 16.9 Å². The SMILES string of the molecule is O=C(Nc1ccc(OCCN2CCOCC2)c2ccccc12)c1cc(N2CCOCC2)nc(Cl)n1. The van der Waals surface area contributed by atoms with Gasteiger partial charge in [-0.15, -0.1) is 0 Å². The smallest absolute Gasteiger partial charge is 0.274 e. The largest absolute Gasteiger partial charge is 0.492 e. The topological polar surface area (TPSA) is 89.0 Å². The van der Waals surface area contributed by atoms with Crippen molar-refractivity contribution in [2.24, 2.45) is 0 Å². The van der Waals surface area contributed by atoms with Crippen LogP contribution < -0.4 is 15.0 Å². The molecular formula is C25H28ClN5O4. The average molecular weight is 498 g/mol. The van der Waals surface area contributed by atoms with Crippen LogP contribution in [0.25, 0.3) is 10.8 Å². The lowest BCUT2D eigenvalue weighted by atomic mass is 10.1. The summed E-state index contributed by atoms with van der Waals surface area (Å²) < 4.78 is 16.9. The number of anilines is 2.